The number of carbonyl (C=O) groups is 1. The van der Waals surface area contributed by atoms with Crippen LogP contribution in [0.2, 0.25) is 0 Å². The third kappa shape index (κ3) is 1.19. The number of hydrogen-bond donors (Lipinski definition) is 1. The lowest BCUT2D eigenvalue weighted by Gasteiger charge is -2.34. The average Bonchev–Trinajstić information content (AvgIpc) is 2.64. The second-order valence-electron chi connectivity index (χ2n) is 6.81. The van der Waals surface area contributed by atoms with E-state index in [0.717, 1.165) is 24.2 Å². The fraction of sp³-hybridized carbons (Fsp3) is 0.800. The van der Waals surface area contributed by atoms with Gasteiger partial charge in [0, 0.05) is 5.57 Å². The molecule has 2 heteroatoms. The van der Waals surface area contributed by atoms with Gasteiger partial charge in [-0.05, 0) is 61.2 Å². The number of aliphatic carboxylic acids is 1. The highest BCUT2D eigenvalue weighted by Crippen LogP contribution is 2.87. The summed E-state index contributed by atoms with van der Waals surface area (Å²) in [6, 6.07) is 0. The average molecular weight is 234 g/mol. The van der Waals surface area contributed by atoms with Gasteiger partial charge >= 0.3 is 5.97 Å². The summed E-state index contributed by atoms with van der Waals surface area (Å²) >= 11 is 0. The van der Waals surface area contributed by atoms with E-state index in [0.29, 0.717) is 16.4 Å². The molecule has 0 unspecified atom stereocenters. The molecule has 94 valence electrons. The molecule has 2 nitrogen and oxygen atoms in total. The SMILES string of the molecule is C/C(=C\CC[C@@]1(C)C2C[C@@H]3[C@@H](C2)C31C)C(=O)O. The van der Waals surface area contributed by atoms with Crippen LogP contribution < -0.4 is 0 Å². The Hall–Kier alpha value is -0.790. The van der Waals surface area contributed by atoms with E-state index in [4.69, 9.17) is 5.11 Å². The smallest absolute Gasteiger partial charge is 0.330 e. The minimum absolute atomic E-state index is 0.484. The third-order valence-electron chi connectivity index (χ3n) is 6.58. The molecule has 4 aliphatic rings. The lowest BCUT2D eigenvalue weighted by atomic mass is 9.71. The van der Waals surface area contributed by atoms with Crippen molar-refractivity contribution in [3.05, 3.63) is 11.6 Å². The van der Waals surface area contributed by atoms with Gasteiger partial charge in [-0.25, -0.2) is 4.79 Å². The third-order valence-corrected chi connectivity index (χ3v) is 6.58. The first-order valence-corrected chi connectivity index (χ1v) is 6.81. The van der Waals surface area contributed by atoms with Crippen LogP contribution in [0.3, 0.4) is 0 Å². The van der Waals surface area contributed by atoms with Crippen molar-refractivity contribution >= 4 is 5.97 Å². The van der Waals surface area contributed by atoms with E-state index in [2.05, 4.69) is 13.8 Å². The zero-order valence-electron chi connectivity index (χ0n) is 11.0. The molecule has 0 heterocycles. The molecule has 4 bridgehead atoms. The van der Waals surface area contributed by atoms with E-state index < -0.39 is 5.97 Å². The molecular weight excluding hydrogens is 212 g/mol. The molecule has 4 rings (SSSR count). The first-order chi connectivity index (χ1) is 7.91. The predicted octanol–water partition coefficient (Wildman–Crippen LogP) is 3.48. The van der Waals surface area contributed by atoms with Crippen molar-refractivity contribution in [3.8, 4) is 0 Å². The number of carboxylic acid groups (broad SMARTS) is 1. The van der Waals surface area contributed by atoms with Crippen LogP contribution in [0, 0.1) is 28.6 Å². The fourth-order valence-electron chi connectivity index (χ4n) is 5.18. The molecule has 0 spiro atoms. The van der Waals surface area contributed by atoms with Crippen molar-refractivity contribution < 1.29 is 9.90 Å². The molecule has 4 aliphatic carbocycles. The van der Waals surface area contributed by atoms with Crippen molar-refractivity contribution in [3.63, 3.8) is 0 Å². The molecule has 4 fully saturated rings. The summed E-state index contributed by atoms with van der Waals surface area (Å²) in [4.78, 5) is 10.7. The summed E-state index contributed by atoms with van der Waals surface area (Å²) in [5.41, 5.74) is 1.58. The van der Waals surface area contributed by atoms with Crippen LogP contribution >= 0.6 is 0 Å². The van der Waals surface area contributed by atoms with Gasteiger partial charge in [0.25, 0.3) is 0 Å². The van der Waals surface area contributed by atoms with Crippen molar-refractivity contribution in [2.75, 3.05) is 0 Å². The lowest BCUT2D eigenvalue weighted by molar-refractivity contribution is -0.132. The topological polar surface area (TPSA) is 37.3 Å². The van der Waals surface area contributed by atoms with Gasteiger partial charge in [0.05, 0.1) is 0 Å². The van der Waals surface area contributed by atoms with E-state index in [1.165, 1.54) is 19.3 Å². The Balaban J connectivity index is 1.67. The number of carboxylic acids is 1. The number of rotatable bonds is 4. The van der Waals surface area contributed by atoms with Gasteiger partial charge in [0.2, 0.25) is 0 Å². The van der Waals surface area contributed by atoms with Crippen molar-refractivity contribution in [2.45, 2.75) is 46.5 Å². The Morgan fingerprint density at radius 3 is 2.35 bits per heavy atom. The molecule has 0 aromatic heterocycles. The molecule has 3 atom stereocenters. The highest BCUT2D eigenvalue weighted by atomic mass is 16.4. The van der Waals surface area contributed by atoms with E-state index in [1.807, 2.05) is 6.08 Å². The lowest BCUT2D eigenvalue weighted by Crippen LogP contribution is -2.26. The van der Waals surface area contributed by atoms with Crippen LogP contribution in [0.5, 0.6) is 0 Å². The van der Waals surface area contributed by atoms with E-state index in [9.17, 15) is 4.79 Å². The van der Waals surface area contributed by atoms with Crippen LogP contribution in [0.25, 0.3) is 0 Å². The van der Waals surface area contributed by atoms with Gasteiger partial charge in [-0.15, -0.1) is 0 Å². The molecule has 0 aliphatic heterocycles. The van der Waals surface area contributed by atoms with Crippen LogP contribution in [-0.4, -0.2) is 11.1 Å². The summed E-state index contributed by atoms with van der Waals surface area (Å²) in [5.74, 6) is 2.14. The monoisotopic (exact) mass is 234 g/mol. The first kappa shape index (κ1) is 11.3. The number of allylic oxidation sites excluding steroid dienone is 1. The first-order valence-electron chi connectivity index (χ1n) is 6.81. The van der Waals surface area contributed by atoms with Crippen LogP contribution in [0.15, 0.2) is 11.6 Å². The Morgan fingerprint density at radius 1 is 1.35 bits per heavy atom. The molecule has 0 radical (unpaired) electrons. The molecule has 0 aromatic rings. The van der Waals surface area contributed by atoms with Crippen molar-refractivity contribution in [1.29, 1.82) is 0 Å². The maximum absolute atomic E-state index is 10.7. The number of hydrogen-bond acceptors (Lipinski definition) is 1. The summed E-state index contributed by atoms with van der Waals surface area (Å²) in [7, 11) is 0. The molecule has 0 saturated heterocycles. The largest absolute Gasteiger partial charge is 0.478 e. The molecule has 4 saturated carbocycles. The summed E-state index contributed by atoms with van der Waals surface area (Å²) < 4.78 is 0. The Bertz CT molecular complexity index is 397. The molecule has 0 amide bonds. The molecule has 17 heavy (non-hydrogen) atoms. The fourth-order valence-corrected chi connectivity index (χ4v) is 5.18. The Morgan fingerprint density at radius 2 is 1.94 bits per heavy atom. The van der Waals surface area contributed by atoms with Crippen molar-refractivity contribution in [2.24, 2.45) is 28.6 Å². The normalized spacial score (nSPS) is 50.8. The minimum atomic E-state index is -0.776. The van der Waals surface area contributed by atoms with Crippen LogP contribution in [-0.2, 0) is 4.79 Å². The summed E-state index contributed by atoms with van der Waals surface area (Å²) in [5, 5.41) is 8.84. The van der Waals surface area contributed by atoms with Gasteiger partial charge in [0.1, 0.15) is 0 Å². The van der Waals surface area contributed by atoms with Gasteiger partial charge in [0.15, 0.2) is 0 Å². The van der Waals surface area contributed by atoms with Crippen LogP contribution in [0.4, 0.5) is 0 Å². The summed E-state index contributed by atoms with van der Waals surface area (Å²) in [6.45, 7) is 6.62. The maximum Gasteiger partial charge on any atom is 0.330 e. The highest BCUT2D eigenvalue weighted by molar-refractivity contribution is 5.85. The van der Waals surface area contributed by atoms with Gasteiger partial charge in [-0.3, -0.25) is 0 Å². The van der Waals surface area contributed by atoms with E-state index in [1.54, 1.807) is 6.92 Å². The molecule has 0 aromatic carbocycles. The quantitative estimate of drug-likeness (QED) is 0.756. The minimum Gasteiger partial charge on any atom is -0.478 e. The molecular formula is C15H22O2. The second-order valence-corrected chi connectivity index (χ2v) is 6.81. The predicted molar refractivity (Wildman–Crippen MR) is 66.5 cm³/mol. The zero-order valence-corrected chi connectivity index (χ0v) is 11.0. The van der Waals surface area contributed by atoms with Crippen LogP contribution in [0.1, 0.15) is 46.5 Å². The Labute approximate surface area is 103 Å². The van der Waals surface area contributed by atoms with Gasteiger partial charge in [-0.1, -0.05) is 19.9 Å². The molecule has 1 N–H and O–H groups in total. The van der Waals surface area contributed by atoms with Crippen molar-refractivity contribution in [1.82, 2.24) is 0 Å². The standard InChI is InChI=1S/C15H22O2/c1-9(13(16)17)5-4-6-14(2)10-7-11-12(8-10)15(11,14)3/h5,10-12H,4,6-8H2,1-3H3,(H,16,17)/b9-5+/t10?,11-,12-,14+,15?/m1/s1. The highest BCUT2D eigenvalue weighted by Gasteiger charge is 2.80. The Kier molecular flexibility index (Phi) is 2.10. The zero-order chi connectivity index (χ0) is 12.4. The van der Waals surface area contributed by atoms with Gasteiger partial charge in [-0.2, -0.15) is 0 Å². The second kappa shape index (κ2) is 3.15. The van der Waals surface area contributed by atoms with Gasteiger partial charge < -0.3 is 5.11 Å². The summed E-state index contributed by atoms with van der Waals surface area (Å²) in [6.07, 6.45) is 6.90. The van der Waals surface area contributed by atoms with E-state index in [-0.39, 0.29) is 0 Å². The maximum atomic E-state index is 10.7. The van der Waals surface area contributed by atoms with E-state index >= 15 is 0 Å².